The third kappa shape index (κ3) is 3.69. The van der Waals surface area contributed by atoms with E-state index in [0.29, 0.717) is 12.3 Å². The Balaban J connectivity index is 2.57. The van der Waals surface area contributed by atoms with Crippen molar-refractivity contribution < 1.29 is 9.53 Å². The summed E-state index contributed by atoms with van der Waals surface area (Å²) >= 11 is 0. The SMILES string of the molecule is CCOc1ccc(NC(=O)CC#N)cc1. The van der Waals surface area contributed by atoms with Gasteiger partial charge < -0.3 is 10.1 Å². The lowest BCUT2D eigenvalue weighted by molar-refractivity contribution is -0.115. The van der Waals surface area contributed by atoms with Crippen molar-refractivity contribution in [3.63, 3.8) is 0 Å². The van der Waals surface area contributed by atoms with Gasteiger partial charge in [-0.1, -0.05) is 0 Å². The smallest absolute Gasteiger partial charge is 0.238 e. The number of rotatable bonds is 4. The van der Waals surface area contributed by atoms with Crippen molar-refractivity contribution in [1.82, 2.24) is 0 Å². The summed E-state index contributed by atoms with van der Waals surface area (Å²) in [5.74, 6) is 0.456. The van der Waals surface area contributed by atoms with Gasteiger partial charge in [-0.3, -0.25) is 4.79 Å². The van der Waals surface area contributed by atoms with Crippen LogP contribution in [0, 0.1) is 11.3 Å². The van der Waals surface area contributed by atoms with Crippen LogP contribution in [-0.2, 0) is 4.79 Å². The summed E-state index contributed by atoms with van der Waals surface area (Å²) in [7, 11) is 0. The summed E-state index contributed by atoms with van der Waals surface area (Å²) in [6.45, 7) is 2.52. The van der Waals surface area contributed by atoms with Gasteiger partial charge in [0.1, 0.15) is 12.2 Å². The van der Waals surface area contributed by atoms with Gasteiger partial charge in [0.05, 0.1) is 12.7 Å². The van der Waals surface area contributed by atoms with Crippen LogP contribution in [0.1, 0.15) is 13.3 Å². The highest BCUT2D eigenvalue weighted by Crippen LogP contribution is 2.15. The highest BCUT2D eigenvalue weighted by molar-refractivity contribution is 5.92. The molecule has 1 aromatic carbocycles. The standard InChI is InChI=1S/C11H12N2O2/c1-2-15-10-5-3-9(4-6-10)13-11(14)7-8-12/h3-6H,2,7H2,1H3,(H,13,14). The maximum absolute atomic E-state index is 11.1. The van der Waals surface area contributed by atoms with E-state index in [9.17, 15) is 4.79 Å². The molecule has 15 heavy (non-hydrogen) atoms. The Morgan fingerprint density at radius 2 is 2.13 bits per heavy atom. The number of anilines is 1. The number of benzene rings is 1. The molecule has 0 spiro atoms. The first-order valence-electron chi connectivity index (χ1n) is 4.66. The molecule has 0 bridgehead atoms. The molecule has 1 N–H and O–H groups in total. The normalized spacial score (nSPS) is 9.07. The number of nitriles is 1. The van der Waals surface area contributed by atoms with E-state index in [0.717, 1.165) is 5.75 Å². The Morgan fingerprint density at radius 1 is 1.47 bits per heavy atom. The fraction of sp³-hybridized carbons (Fsp3) is 0.273. The first kappa shape index (κ1) is 11.1. The molecule has 4 heteroatoms. The highest BCUT2D eigenvalue weighted by Gasteiger charge is 2.00. The Kier molecular flexibility index (Phi) is 4.17. The number of hydrogen-bond acceptors (Lipinski definition) is 3. The van der Waals surface area contributed by atoms with Crippen molar-refractivity contribution in [2.75, 3.05) is 11.9 Å². The predicted molar refractivity (Wildman–Crippen MR) is 56.5 cm³/mol. The minimum Gasteiger partial charge on any atom is -0.494 e. The van der Waals surface area contributed by atoms with Gasteiger partial charge in [-0.15, -0.1) is 0 Å². The monoisotopic (exact) mass is 204 g/mol. The van der Waals surface area contributed by atoms with Crippen LogP contribution in [0.25, 0.3) is 0 Å². The molecule has 0 saturated heterocycles. The van der Waals surface area contributed by atoms with Crippen molar-refractivity contribution in [2.45, 2.75) is 13.3 Å². The van der Waals surface area contributed by atoms with Crippen LogP contribution in [0.2, 0.25) is 0 Å². The Hall–Kier alpha value is -2.02. The number of carbonyl (C=O) groups excluding carboxylic acids is 1. The molecule has 0 fully saturated rings. The van der Waals surface area contributed by atoms with Gasteiger partial charge in [0.25, 0.3) is 0 Å². The van der Waals surface area contributed by atoms with Crippen LogP contribution in [0.5, 0.6) is 5.75 Å². The molecular formula is C11H12N2O2. The molecule has 0 saturated carbocycles. The summed E-state index contributed by atoms with van der Waals surface area (Å²) in [5, 5.41) is 10.9. The summed E-state index contributed by atoms with van der Waals surface area (Å²) in [6, 6.07) is 8.79. The third-order valence-electron chi connectivity index (χ3n) is 1.69. The lowest BCUT2D eigenvalue weighted by Gasteiger charge is -2.05. The number of hydrogen-bond donors (Lipinski definition) is 1. The summed E-state index contributed by atoms with van der Waals surface area (Å²) < 4.78 is 5.25. The van der Waals surface area contributed by atoms with Gasteiger partial charge in [-0.05, 0) is 31.2 Å². The first-order chi connectivity index (χ1) is 7.26. The second-order valence-corrected chi connectivity index (χ2v) is 2.84. The lowest BCUT2D eigenvalue weighted by atomic mass is 10.3. The van der Waals surface area contributed by atoms with Crippen LogP contribution < -0.4 is 10.1 Å². The summed E-state index contributed by atoms with van der Waals surface area (Å²) in [4.78, 5) is 11.1. The third-order valence-corrected chi connectivity index (χ3v) is 1.69. The molecule has 1 amide bonds. The second-order valence-electron chi connectivity index (χ2n) is 2.84. The van der Waals surface area contributed by atoms with Crippen LogP contribution in [0.15, 0.2) is 24.3 Å². The van der Waals surface area contributed by atoms with E-state index < -0.39 is 0 Å². The molecule has 0 atom stereocenters. The molecule has 0 aliphatic carbocycles. The van der Waals surface area contributed by atoms with Crippen molar-refractivity contribution in [2.24, 2.45) is 0 Å². The minimum atomic E-state index is -0.304. The molecule has 0 heterocycles. The molecule has 0 aromatic heterocycles. The van der Waals surface area contributed by atoms with Crippen LogP contribution >= 0.6 is 0 Å². The minimum absolute atomic E-state index is 0.132. The molecule has 1 aromatic rings. The Labute approximate surface area is 88.5 Å². The molecule has 0 aliphatic heterocycles. The van der Waals surface area contributed by atoms with Crippen molar-refractivity contribution in [3.05, 3.63) is 24.3 Å². The zero-order chi connectivity index (χ0) is 11.1. The fourth-order valence-electron chi connectivity index (χ4n) is 1.08. The van der Waals surface area contributed by atoms with E-state index in [1.165, 1.54) is 0 Å². The number of amides is 1. The van der Waals surface area contributed by atoms with Crippen molar-refractivity contribution in [3.8, 4) is 11.8 Å². The number of ether oxygens (including phenoxy) is 1. The van der Waals surface area contributed by atoms with Gasteiger partial charge in [0.15, 0.2) is 0 Å². The zero-order valence-electron chi connectivity index (χ0n) is 8.49. The maximum atomic E-state index is 11.1. The van der Waals surface area contributed by atoms with Gasteiger partial charge in [0, 0.05) is 5.69 Å². The van der Waals surface area contributed by atoms with Gasteiger partial charge >= 0.3 is 0 Å². The Bertz CT molecular complexity index is 365. The lowest BCUT2D eigenvalue weighted by Crippen LogP contribution is -2.09. The molecular weight excluding hydrogens is 192 g/mol. The van der Waals surface area contributed by atoms with E-state index in [-0.39, 0.29) is 12.3 Å². The highest BCUT2D eigenvalue weighted by atomic mass is 16.5. The fourth-order valence-corrected chi connectivity index (χ4v) is 1.08. The zero-order valence-corrected chi connectivity index (χ0v) is 8.49. The van der Waals surface area contributed by atoms with Gasteiger partial charge in [-0.2, -0.15) is 5.26 Å². The van der Waals surface area contributed by atoms with Crippen LogP contribution in [-0.4, -0.2) is 12.5 Å². The average molecular weight is 204 g/mol. The van der Waals surface area contributed by atoms with E-state index in [4.69, 9.17) is 10.00 Å². The van der Waals surface area contributed by atoms with Gasteiger partial charge in [-0.25, -0.2) is 0 Å². The quantitative estimate of drug-likeness (QED) is 0.815. The van der Waals surface area contributed by atoms with Crippen LogP contribution in [0.4, 0.5) is 5.69 Å². The molecule has 0 radical (unpaired) electrons. The summed E-state index contributed by atoms with van der Waals surface area (Å²) in [5.41, 5.74) is 0.665. The number of nitrogens with one attached hydrogen (secondary N) is 1. The molecule has 78 valence electrons. The first-order valence-corrected chi connectivity index (χ1v) is 4.66. The molecule has 0 unspecified atom stereocenters. The summed E-state index contributed by atoms with van der Waals surface area (Å²) in [6.07, 6.45) is -0.132. The van der Waals surface area contributed by atoms with E-state index in [1.54, 1.807) is 30.3 Å². The largest absolute Gasteiger partial charge is 0.494 e. The maximum Gasteiger partial charge on any atom is 0.238 e. The topological polar surface area (TPSA) is 62.1 Å². The average Bonchev–Trinajstić information content (AvgIpc) is 2.22. The Morgan fingerprint density at radius 3 is 2.67 bits per heavy atom. The van der Waals surface area contributed by atoms with E-state index >= 15 is 0 Å². The van der Waals surface area contributed by atoms with Crippen molar-refractivity contribution in [1.29, 1.82) is 5.26 Å². The molecule has 4 nitrogen and oxygen atoms in total. The molecule has 1 rings (SSSR count). The molecule has 0 aliphatic rings. The number of nitrogens with zero attached hydrogens (tertiary/aromatic N) is 1. The van der Waals surface area contributed by atoms with E-state index in [1.807, 2.05) is 6.92 Å². The van der Waals surface area contributed by atoms with E-state index in [2.05, 4.69) is 5.32 Å². The van der Waals surface area contributed by atoms with Crippen LogP contribution in [0.3, 0.4) is 0 Å². The van der Waals surface area contributed by atoms with Gasteiger partial charge in [0.2, 0.25) is 5.91 Å². The predicted octanol–water partition coefficient (Wildman–Crippen LogP) is 1.94. The number of carbonyl (C=O) groups is 1. The van der Waals surface area contributed by atoms with Crippen molar-refractivity contribution >= 4 is 11.6 Å². The second kappa shape index (κ2) is 5.66.